The minimum absolute atomic E-state index is 0.306. The van der Waals surface area contributed by atoms with E-state index in [1.165, 1.54) is 0 Å². The molecule has 0 radical (unpaired) electrons. The van der Waals surface area contributed by atoms with Crippen LogP contribution in [0.5, 0.6) is 0 Å². The largest absolute Gasteiger partial charge is 0.395 e. The second-order valence-electron chi connectivity index (χ2n) is 3.42. The maximum absolute atomic E-state index is 5.49. The Kier molecular flexibility index (Phi) is 4.34. The van der Waals surface area contributed by atoms with Gasteiger partial charge in [0.2, 0.25) is 0 Å². The summed E-state index contributed by atoms with van der Waals surface area (Å²) >= 11 is 0. The first-order valence-electron chi connectivity index (χ1n) is 4.61. The quantitative estimate of drug-likeness (QED) is 0.271. The van der Waals surface area contributed by atoms with Gasteiger partial charge in [0.05, 0.1) is 13.2 Å². The van der Waals surface area contributed by atoms with Crippen molar-refractivity contribution >= 4 is 8.56 Å². The fourth-order valence-electron chi connectivity index (χ4n) is 0.917. The Morgan fingerprint density at radius 2 is 2.08 bits per heavy atom. The standard InChI is InChI=1S/C8H18O4Si/c1-4-11-13(2,3)12-7-9-5-8-6-10-8/h8H,4-7H2,1-3H3. The van der Waals surface area contributed by atoms with Crippen LogP contribution in [-0.2, 0) is 18.3 Å². The van der Waals surface area contributed by atoms with Crippen molar-refractivity contribution in [3.8, 4) is 0 Å². The van der Waals surface area contributed by atoms with Gasteiger partial charge in [-0.15, -0.1) is 0 Å². The summed E-state index contributed by atoms with van der Waals surface area (Å²) in [7, 11) is -1.92. The second kappa shape index (κ2) is 5.07. The molecule has 1 unspecified atom stereocenters. The van der Waals surface area contributed by atoms with Crippen molar-refractivity contribution in [2.45, 2.75) is 26.1 Å². The summed E-state index contributed by atoms with van der Waals surface area (Å²) in [4.78, 5) is 0. The topological polar surface area (TPSA) is 40.2 Å². The van der Waals surface area contributed by atoms with Crippen LogP contribution in [0.1, 0.15) is 6.92 Å². The van der Waals surface area contributed by atoms with Crippen LogP contribution in [0, 0.1) is 0 Å². The van der Waals surface area contributed by atoms with E-state index in [9.17, 15) is 0 Å². The molecule has 1 aliphatic rings. The van der Waals surface area contributed by atoms with Crippen molar-refractivity contribution in [1.82, 2.24) is 0 Å². The average molecular weight is 206 g/mol. The van der Waals surface area contributed by atoms with Gasteiger partial charge in [-0.25, -0.2) is 0 Å². The molecule has 0 aliphatic carbocycles. The first-order valence-corrected chi connectivity index (χ1v) is 7.43. The van der Waals surface area contributed by atoms with Gasteiger partial charge in [-0.05, 0) is 20.0 Å². The number of rotatable bonds is 7. The van der Waals surface area contributed by atoms with Crippen molar-refractivity contribution in [3.63, 3.8) is 0 Å². The Balaban J connectivity index is 1.95. The molecule has 0 aromatic carbocycles. The van der Waals surface area contributed by atoms with Crippen molar-refractivity contribution < 1.29 is 18.3 Å². The highest BCUT2D eigenvalue weighted by molar-refractivity contribution is 6.64. The molecule has 1 heterocycles. The molecule has 1 saturated heterocycles. The SMILES string of the molecule is CCO[Si](C)(C)OCOCC1CO1. The number of ether oxygens (including phenoxy) is 2. The molecule has 1 atom stereocenters. The molecule has 0 spiro atoms. The molecular formula is C8H18O4Si. The molecule has 1 fully saturated rings. The minimum Gasteiger partial charge on any atom is -0.395 e. The Hall–Kier alpha value is 0.0569. The van der Waals surface area contributed by atoms with Gasteiger partial charge in [0.15, 0.2) is 0 Å². The lowest BCUT2D eigenvalue weighted by Crippen LogP contribution is -2.35. The van der Waals surface area contributed by atoms with Crippen LogP contribution in [0.2, 0.25) is 13.1 Å². The third-order valence-corrected chi connectivity index (χ3v) is 3.48. The summed E-state index contributed by atoms with van der Waals surface area (Å²) in [5.74, 6) is 0. The molecule has 0 saturated carbocycles. The zero-order valence-electron chi connectivity index (χ0n) is 8.54. The van der Waals surface area contributed by atoms with Crippen molar-refractivity contribution in [3.05, 3.63) is 0 Å². The maximum atomic E-state index is 5.49. The van der Waals surface area contributed by atoms with Crippen molar-refractivity contribution in [1.29, 1.82) is 0 Å². The summed E-state index contributed by atoms with van der Waals surface area (Å²) in [6.07, 6.45) is 0.306. The monoisotopic (exact) mass is 206 g/mol. The molecule has 0 N–H and O–H groups in total. The van der Waals surface area contributed by atoms with Gasteiger partial charge in [0.25, 0.3) is 0 Å². The van der Waals surface area contributed by atoms with Gasteiger partial charge in [-0.1, -0.05) is 0 Å². The lowest BCUT2D eigenvalue weighted by atomic mass is 10.5. The molecule has 5 heteroatoms. The number of hydrogen-bond acceptors (Lipinski definition) is 4. The van der Waals surface area contributed by atoms with E-state index in [1.54, 1.807) is 0 Å². The molecule has 1 aliphatic heterocycles. The Bertz CT molecular complexity index is 147. The predicted molar refractivity (Wildman–Crippen MR) is 50.8 cm³/mol. The first-order chi connectivity index (χ1) is 6.14. The van der Waals surface area contributed by atoms with Gasteiger partial charge in [0, 0.05) is 6.61 Å². The summed E-state index contributed by atoms with van der Waals surface area (Å²) in [6, 6.07) is 0. The van der Waals surface area contributed by atoms with E-state index in [1.807, 2.05) is 20.0 Å². The summed E-state index contributed by atoms with van der Waals surface area (Å²) in [5.41, 5.74) is 0. The van der Waals surface area contributed by atoms with Crippen LogP contribution < -0.4 is 0 Å². The maximum Gasteiger partial charge on any atom is 0.333 e. The van der Waals surface area contributed by atoms with Crippen LogP contribution in [0.4, 0.5) is 0 Å². The van der Waals surface area contributed by atoms with Crippen LogP contribution in [0.15, 0.2) is 0 Å². The highest BCUT2D eigenvalue weighted by Gasteiger charge is 2.25. The molecule has 0 aromatic heterocycles. The van der Waals surface area contributed by atoms with Crippen LogP contribution >= 0.6 is 0 Å². The van der Waals surface area contributed by atoms with Crippen molar-refractivity contribution in [2.24, 2.45) is 0 Å². The number of epoxide rings is 1. The second-order valence-corrected chi connectivity index (χ2v) is 6.80. The van der Waals surface area contributed by atoms with E-state index in [0.29, 0.717) is 26.1 Å². The molecule has 1 rings (SSSR count). The highest BCUT2D eigenvalue weighted by atomic mass is 28.4. The molecular weight excluding hydrogens is 188 g/mol. The summed E-state index contributed by atoms with van der Waals surface area (Å²) < 4.78 is 21.2. The van der Waals surface area contributed by atoms with Crippen LogP contribution in [-0.4, -0.2) is 41.3 Å². The molecule has 4 nitrogen and oxygen atoms in total. The zero-order chi connectivity index (χ0) is 9.73. The highest BCUT2D eigenvalue weighted by Crippen LogP contribution is 2.10. The van der Waals surface area contributed by atoms with E-state index in [4.69, 9.17) is 18.3 Å². The third-order valence-electron chi connectivity index (χ3n) is 1.69. The third kappa shape index (κ3) is 5.38. The van der Waals surface area contributed by atoms with E-state index in [0.717, 1.165) is 6.61 Å². The molecule has 0 amide bonds. The van der Waals surface area contributed by atoms with E-state index in [-0.39, 0.29) is 0 Å². The van der Waals surface area contributed by atoms with Gasteiger partial charge in [-0.2, -0.15) is 0 Å². The van der Waals surface area contributed by atoms with Gasteiger partial charge in [-0.3, -0.25) is 0 Å². The Labute approximate surface area is 80.4 Å². The van der Waals surface area contributed by atoms with E-state index in [2.05, 4.69) is 0 Å². The molecule has 13 heavy (non-hydrogen) atoms. The summed E-state index contributed by atoms with van der Waals surface area (Å²) in [6.45, 7) is 8.46. The lowest BCUT2D eigenvalue weighted by Gasteiger charge is -2.21. The van der Waals surface area contributed by atoms with Gasteiger partial charge in [0.1, 0.15) is 12.9 Å². The van der Waals surface area contributed by atoms with E-state index < -0.39 is 8.56 Å². The molecule has 0 bridgehead atoms. The fourth-order valence-corrected chi connectivity index (χ4v) is 2.06. The van der Waals surface area contributed by atoms with Crippen molar-refractivity contribution in [2.75, 3.05) is 26.6 Å². The fraction of sp³-hybridized carbons (Fsp3) is 1.00. The minimum atomic E-state index is -1.92. The first kappa shape index (κ1) is 11.1. The van der Waals surface area contributed by atoms with Gasteiger partial charge >= 0.3 is 8.56 Å². The average Bonchev–Trinajstić information content (AvgIpc) is 2.81. The lowest BCUT2D eigenvalue weighted by molar-refractivity contribution is -0.0127. The summed E-state index contributed by atoms with van der Waals surface area (Å²) in [5, 5.41) is 0. The zero-order valence-corrected chi connectivity index (χ0v) is 9.54. The number of hydrogen-bond donors (Lipinski definition) is 0. The van der Waals surface area contributed by atoms with Crippen LogP contribution in [0.25, 0.3) is 0 Å². The predicted octanol–water partition coefficient (Wildman–Crippen LogP) is 1.11. The van der Waals surface area contributed by atoms with Crippen LogP contribution in [0.3, 0.4) is 0 Å². The van der Waals surface area contributed by atoms with Gasteiger partial charge < -0.3 is 18.3 Å². The Morgan fingerprint density at radius 1 is 1.38 bits per heavy atom. The van der Waals surface area contributed by atoms with E-state index >= 15 is 0 Å². The smallest absolute Gasteiger partial charge is 0.333 e. The Morgan fingerprint density at radius 3 is 2.62 bits per heavy atom. The normalized spacial score (nSPS) is 21.9. The molecule has 78 valence electrons. The molecule has 0 aromatic rings.